The van der Waals surface area contributed by atoms with E-state index < -0.39 is 0 Å². The Morgan fingerprint density at radius 1 is 1.28 bits per heavy atom. The summed E-state index contributed by atoms with van der Waals surface area (Å²) in [6, 6.07) is 6.83. The first kappa shape index (κ1) is 20.6. The first-order chi connectivity index (χ1) is 15.7. The number of thiophene rings is 1. The number of hydrogen-bond donors (Lipinski definition) is 2. The van der Waals surface area contributed by atoms with Gasteiger partial charge in [0.2, 0.25) is 0 Å². The molecule has 3 fully saturated rings. The number of aliphatic imine (C=N–C) groups is 1. The normalized spacial score (nSPS) is 30.9. The van der Waals surface area contributed by atoms with Crippen molar-refractivity contribution in [2.24, 2.45) is 4.99 Å². The maximum absolute atomic E-state index is 6.39. The van der Waals surface area contributed by atoms with Crippen molar-refractivity contribution in [3.05, 3.63) is 45.9 Å². The Morgan fingerprint density at radius 3 is 2.84 bits per heavy atom. The second kappa shape index (κ2) is 8.39. The molecule has 4 aliphatic rings. The van der Waals surface area contributed by atoms with E-state index in [1.54, 1.807) is 11.3 Å². The number of ether oxygens (including phenoxy) is 2. The summed E-state index contributed by atoms with van der Waals surface area (Å²) in [5.41, 5.74) is 4.26. The molecule has 3 saturated heterocycles. The van der Waals surface area contributed by atoms with Gasteiger partial charge < -0.3 is 19.7 Å². The molecule has 0 amide bonds. The van der Waals surface area contributed by atoms with Gasteiger partial charge in [-0.25, -0.2) is 0 Å². The van der Waals surface area contributed by atoms with E-state index in [4.69, 9.17) is 14.5 Å². The Morgan fingerprint density at radius 2 is 2.19 bits per heavy atom. The van der Waals surface area contributed by atoms with Gasteiger partial charge in [-0.3, -0.25) is 15.0 Å². The monoisotopic (exact) mass is 454 g/mol. The first-order valence-electron chi connectivity index (χ1n) is 11.5. The maximum atomic E-state index is 6.39. The van der Waals surface area contributed by atoms with Crippen molar-refractivity contribution in [1.29, 1.82) is 0 Å². The number of aromatic amines is 1. The van der Waals surface area contributed by atoms with Crippen molar-refractivity contribution >= 4 is 22.7 Å². The number of H-pyrrole nitrogens is 1. The van der Waals surface area contributed by atoms with Crippen LogP contribution in [0.15, 0.2) is 40.3 Å². The van der Waals surface area contributed by atoms with E-state index in [0.29, 0.717) is 6.04 Å². The highest BCUT2D eigenvalue weighted by Crippen LogP contribution is 2.43. The largest absolute Gasteiger partial charge is 0.379 e. The molecule has 9 heteroatoms. The molecule has 0 spiro atoms. The summed E-state index contributed by atoms with van der Waals surface area (Å²) in [7, 11) is 2.19. The molecule has 2 bridgehead atoms. The van der Waals surface area contributed by atoms with Gasteiger partial charge in [-0.15, -0.1) is 11.3 Å². The number of likely N-dealkylation sites (N-methyl/N-ethyl adjacent to an activating group) is 1. The highest BCUT2D eigenvalue weighted by Gasteiger charge is 2.54. The van der Waals surface area contributed by atoms with Crippen LogP contribution >= 0.6 is 11.3 Å². The number of aromatic nitrogens is 2. The minimum absolute atomic E-state index is 0.0787. The zero-order valence-corrected chi connectivity index (χ0v) is 19.2. The summed E-state index contributed by atoms with van der Waals surface area (Å²) in [6.07, 6.45) is 3.66. The molecule has 0 aliphatic carbocycles. The molecule has 0 aromatic carbocycles. The molecule has 170 valence electrons. The lowest BCUT2D eigenvalue weighted by molar-refractivity contribution is -0.0509. The average Bonchev–Trinajstić information content (AvgIpc) is 3.63. The van der Waals surface area contributed by atoms with E-state index >= 15 is 0 Å². The van der Waals surface area contributed by atoms with Gasteiger partial charge in [0.15, 0.2) is 6.17 Å². The third-order valence-corrected chi connectivity index (χ3v) is 8.04. The molecule has 3 atom stereocenters. The zero-order valence-electron chi connectivity index (χ0n) is 18.4. The molecule has 3 unspecified atom stereocenters. The Kier molecular flexibility index (Phi) is 5.39. The van der Waals surface area contributed by atoms with Crippen LogP contribution in [0.2, 0.25) is 0 Å². The van der Waals surface area contributed by atoms with E-state index in [1.165, 1.54) is 16.1 Å². The summed E-state index contributed by atoms with van der Waals surface area (Å²) < 4.78 is 11.9. The fraction of sp³-hybridized carbons (Fsp3) is 0.565. The van der Waals surface area contributed by atoms with Crippen LogP contribution in [-0.4, -0.2) is 96.6 Å². The van der Waals surface area contributed by atoms with Crippen LogP contribution in [0.3, 0.4) is 0 Å². The topological polar surface area (TPSA) is 78.0 Å². The van der Waals surface area contributed by atoms with Crippen molar-refractivity contribution in [2.75, 3.05) is 53.0 Å². The van der Waals surface area contributed by atoms with E-state index in [2.05, 4.69) is 49.9 Å². The minimum Gasteiger partial charge on any atom is -0.379 e. The lowest BCUT2D eigenvalue weighted by atomic mass is 9.91. The van der Waals surface area contributed by atoms with Crippen LogP contribution in [0, 0.1) is 0 Å². The molecule has 0 radical (unpaired) electrons. The lowest BCUT2D eigenvalue weighted by Gasteiger charge is -2.44. The Bertz CT molecular complexity index is 988. The van der Waals surface area contributed by atoms with E-state index in [9.17, 15) is 0 Å². The summed E-state index contributed by atoms with van der Waals surface area (Å²) >= 11 is 1.79. The summed E-state index contributed by atoms with van der Waals surface area (Å²) in [5, 5.41) is 13.2. The van der Waals surface area contributed by atoms with Gasteiger partial charge in [0.25, 0.3) is 0 Å². The van der Waals surface area contributed by atoms with Crippen molar-refractivity contribution in [3.8, 4) is 0 Å². The molecular weight excluding hydrogens is 424 g/mol. The number of nitrogens with zero attached hydrogens (tertiary/aromatic N) is 4. The number of morpholine rings is 2. The van der Waals surface area contributed by atoms with E-state index in [0.717, 1.165) is 70.2 Å². The van der Waals surface area contributed by atoms with Crippen LogP contribution in [-0.2, 0) is 9.47 Å². The predicted octanol–water partition coefficient (Wildman–Crippen LogP) is 1.80. The van der Waals surface area contributed by atoms with Crippen molar-refractivity contribution in [1.82, 2.24) is 25.3 Å². The fourth-order valence-corrected chi connectivity index (χ4v) is 6.38. The van der Waals surface area contributed by atoms with Crippen LogP contribution in [0.1, 0.15) is 23.4 Å². The summed E-state index contributed by atoms with van der Waals surface area (Å²) in [4.78, 5) is 11.5. The molecule has 6 rings (SSSR count). The number of nitrogens with one attached hydrogen (secondary N) is 2. The number of fused-ring (bicyclic) bond motifs is 2. The minimum atomic E-state index is -0.289. The third kappa shape index (κ3) is 3.52. The van der Waals surface area contributed by atoms with Gasteiger partial charge in [0.1, 0.15) is 5.60 Å². The predicted molar refractivity (Wildman–Crippen MR) is 125 cm³/mol. The molecule has 32 heavy (non-hydrogen) atoms. The maximum Gasteiger partial charge on any atom is 0.152 e. The summed E-state index contributed by atoms with van der Waals surface area (Å²) in [5.74, 6) is 0. The highest BCUT2D eigenvalue weighted by atomic mass is 32.1. The average molecular weight is 455 g/mol. The Labute approximate surface area is 192 Å². The molecular formula is C23H30N6O2S. The molecule has 2 N–H and O–H groups in total. The third-order valence-electron chi connectivity index (χ3n) is 7.16. The molecule has 4 aliphatic heterocycles. The Hall–Kier alpha value is -2.04. The highest BCUT2D eigenvalue weighted by molar-refractivity contribution is 7.11. The Balaban J connectivity index is 1.42. The smallest absolute Gasteiger partial charge is 0.152 e. The molecule has 6 heterocycles. The first-order valence-corrected chi connectivity index (χ1v) is 12.4. The lowest BCUT2D eigenvalue weighted by Crippen LogP contribution is -2.55. The van der Waals surface area contributed by atoms with Crippen molar-refractivity contribution < 1.29 is 9.47 Å². The standard InChI is InChI=1S/C23H30N6O2S/c1-28-21(19-3-2-12-32-19)17(5-7-29-8-10-30-11-9-29)20(18-4-6-25-27-18)26-22(28)23-13-16(14-31-23)24-15-23/h2-4,6,12,16,22,24H,5,7-11,13-15H2,1H3,(H,25,27). The number of hydrogen-bond acceptors (Lipinski definition) is 8. The molecule has 2 aromatic heterocycles. The molecule has 2 aromatic rings. The van der Waals surface area contributed by atoms with Crippen LogP contribution in [0.25, 0.3) is 5.70 Å². The van der Waals surface area contributed by atoms with E-state index in [1.807, 2.05) is 12.3 Å². The molecule has 0 saturated carbocycles. The van der Waals surface area contributed by atoms with Gasteiger partial charge in [-0.05, 0) is 30.4 Å². The van der Waals surface area contributed by atoms with Crippen molar-refractivity contribution in [3.63, 3.8) is 0 Å². The fourth-order valence-electron chi connectivity index (χ4n) is 5.54. The number of rotatable bonds is 6. The van der Waals surface area contributed by atoms with Gasteiger partial charge in [0.05, 0.1) is 41.8 Å². The SMILES string of the molecule is CN1C(c2cccs2)=C(CCN2CCOCC2)C(c2ccn[nH]2)=NC1C12CNC(CO1)C2. The van der Waals surface area contributed by atoms with Crippen molar-refractivity contribution in [2.45, 2.75) is 30.7 Å². The second-order valence-corrected chi connectivity index (χ2v) is 10.0. The van der Waals surface area contributed by atoms with Crippen LogP contribution in [0.4, 0.5) is 0 Å². The van der Waals surface area contributed by atoms with Gasteiger partial charge in [-0.2, -0.15) is 5.10 Å². The summed E-state index contributed by atoms with van der Waals surface area (Å²) in [6.45, 7) is 6.20. The second-order valence-electron chi connectivity index (χ2n) is 9.10. The van der Waals surface area contributed by atoms with Gasteiger partial charge in [0, 0.05) is 51.0 Å². The zero-order chi connectivity index (χ0) is 21.5. The quantitative estimate of drug-likeness (QED) is 0.693. The van der Waals surface area contributed by atoms with Crippen LogP contribution < -0.4 is 5.32 Å². The van der Waals surface area contributed by atoms with Crippen LogP contribution in [0.5, 0.6) is 0 Å². The van der Waals surface area contributed by atoms with Gasteiger partial charge >= 0.3 is 0 Å². The molecule has 8 nitrogen and oxygen atoms in total. The van der Waals surface area contributed by atoms with Gasteiger partial charge in [-0.1, -0.05) is 6.07 Å². The van der Waals surface area contributed by atoms with E-state index in [-0.39, 0.29) is 11.8 Å².